The molecule has 0 spiro atoms. The molecule has 0 atom stereocenters. The highest BCUT2D eigenvalue weighted by Gasteiger charge is 2.11. The van der Waals surface area contributed by atoms with Gasteiger partial charge in [-0.3, -0.25) is 9.78 Å². The van der Waals surface area contributed by atoms with Crippen LogP contribution in [-0.2, 0) is 6.61 Å². The van der Waals surface area contributed by atoms with Crippen molar-refractivity contribution in [2.24, 2.45) is 0 Å². The number of carbonyl (C=O) groups is 1. The maximum Gasteiger partial charge on any atom is 0.257 e. The van der Waals surface area contributed by atoms with Crippen LogP contribution in [0, 0.1) is 0 Å². The van der Waals surface area contributed by atoms with Crippen LogP contribution in [0.25, 0.3) is 0 Å². The Balaban J connectivity index is 1.67. The molecule has 3 rings (SSSR count). The van der Waals surface area contributed by atoms with E-state index in [1.807, 2.05) is 0 Å². The van der Waals surface area contributed by atoms with E-state index < -0.39 is 0 Å². The maximum absolute atomic E-state index is 12.4. The third kappa shape index (κ3) is 4.67. The fourth-order valence-corrected chi connectivity index (χ4v) is 2.35. The molecular weight excluding hydrogens is 360 g/mol. The molecule has 2 heterocycles. The van der Waals surface area contributed by atoms with Crippen LogP contribution in [0.4, 0.5) is 11.5 Å². The number of nitrogens with one attached hydrogen (secondary N) is 2. The van der Waals surface area contributed by atoms with E-state index in [2.05, 4.69) is 20.6 Å². The van der Waals surface area contributed by atoms with Crippen LogP contribution in [0.5, 0.6) is 17.2 Å². The summed E-state index contributed by atoms with van der Waals surface area (Å²) in [5.41, 5.74) is 1.32. The summed E-state index contributed by atoms with van der Waals surface area (Å²) >= 11 is 0. The van der Waals surface area contributed by atoms with Gasteiger partial charge in [-0.1, -0.05) is 0 Å². The summed E-state index contributed by atoms with van der Waals surface area (Å²) in [4.78, 5) is 20.7. The standard InChI is InChI=1S/C20H20N4O4/c1-21-19-8-3-13(10-23-19)20(26)24-17-9-15(6-7-18(17)25)28-12-14-4-5-16(27-2)11-22-14/h3-11,25H,12H2,1-2H3,(H,21,23)(H,24,26). The molecule has 28 heavy (non-hydrogen) atoms. The number of methoxy groups -OCH3 is 1. The molecule has 0 radical (unpaired) electrons. The fraction of sp³-hybridized carbons (Fsp3) is 0.150. The van der Waals surface area contributed by atoms with E-state index in [4.69, 9.17) is 9.47 Å². The average Bonchev–Trinajstić information content (AvgIpc) is 2.74. The number of hydrogen-bond donors (Lipinski definition) is 3. The quantitative estimate of drug-likeness (QED) is 0.541. The number of amides is 1. The summed E-state index contributed by atoms with van der Waals surface area (Å²) in [7, 11) is 3.32. The normalized spacial score (nSPS) is 10.2. The smallest absolute Gasteiger partial charge is 0.257 e. The number of aromatic nitrogens is 2. The number of hydrogen-bond acceptors (Lipinski definition) is 7. The van der Waals surface area contributed by atoms with Crippen molar-refractivity contribution in [2.45, 2.75) is 6.61 Å². The minimum absolute atomic E-state index is 0.0666. The number of aromatic hydroxyl groups is 1. The Kier molecular flexibility index (Phi) is 5.91. The monoisotopic (exact) mass is 380 g/mol. The Hall–Kier alpha value is -3.81. The first kappa shape index (κ1) is 19.0. The van der Waals surface area contributed by atoms with Crippen molar-refractivity contribution in [3.8, 4) is 17.2 Å². The number of rotatable bonds is 7. The molecular formula is C20H20N4O4. The number of anilines is 2. The van der Waals surface area contributed by atoms with Gasteiger partial charge in [-0.25, -0.2) is 4.98 Å². The van der Waals surface area contributed by atoms with Crippen LogP contribution in [0.15, 0.2) is 54.9 Å². The summed E-state index contributed by atoms with van der Waals surface area (Å²) in [5, 5.41) is 15.6. The fourth-order valence-electron chi connectivity index (χ4n) is 2.35. The largest absolute Gasteiger partial charge is 0.506 e. The zero-order valence-electron chi connectivity index (χ0n) is 15.5. The highest BCUT2D eigenvalue weighted by atomic mass is 16.5. The van der Waals surface area contributed by atoms with Gasteiger partial charge in [-0.15, -0.1) is 0 Å². The second-order valence-electron chi connectivity index (χ2n) is 5.79. The molecule has 0 saturated carbocycles. The zero-order valence-corrected chi connectivity index (χ0v) is 15.5. The van der Waals surface area contributed by atoms with E-state index in [-0.39, 0.29) is 24.0 Å². The molecule has 0 saturated heterocycles. The van der Waals surface area contributed by atoms with Crippen molar-refractivity contribution in [3.05, 3.63) is 66.1 Å². The lowest BCUT2D eigenvalue weighted by atomic mass is 10.2. The Morgan fingerprint density at radius 3 is 2.54 bits per heavy atom. The van der Waals surface area contributed by atoms with Crippen molar-refractivity contribution in [1.29, 1.82) is 0 Å². The molecule has 0 fully saturated rings. The second-order valence-corrected chi connectivity index (χ2v) is 5.79. The zero-order chi connectivity index (χ0) is 19.9. The molecule has 0 aliphatic carbocycles. The van der Waals surface area contributed by atoms with Crippen molar-refractivity contribution in [2.75, 3.05) is 24.8 Å². The number of carbonyl (C=O) groups excluding carboxylic acids is 1. The minimum Gasteiger partial charge on any atom is -0.506 e. The Morgan fingerprint density at radius 1 is 1.07 bits per heavy atom. The van der Waals surface area contributed by atoms with Gasteiger partial charge in [0, 0.05) is 19.3 Å². The SMILES string of the molecule is CNc1ccc(C(=O)Nc2cc(OCc3ccc(OC)cn3)ccc2O)cn1. The highest BCUT2D eigenvalue weighted by Crippen LogP contribution is 2.29. The van der Waals surface area contributed by atoms with Gasteiger partial charge >= 0.3 is 0 Å². The summed E-state index contributed by atoms with van der Waals surface area (Å²) in [5.74, 6) is 1.34. The third-order valence-corrected chi connectivity index (χ3v) is 3.92. The first-order valence-corrected chi connectivity index (χ1v) is 8.49. The van der Waals surface area contributed by atoms with E-state index in [0.717, 1.165) is 5.69 Å². The molecule has 8 heteroatoms. The molecule has 0 unspecified atom stereocenters. The molecule has 1 aromatic carbocycles. The molecule has 1 amide bonds. The van der Waals surface area contributed by atoms with E-state index >= 15 is 0 Å². The Bertz CT molecular complexity index is 943. The predicted molar refractivity (Wildman–Crippen MR) is 105 cm³/mol. The van der Waals surface area contributed by atoms with Gasteiger partial charge in [-0.05, 0) is 36.4 Å². The van der Waals surface area contributed by atoms with Gasteiger partial charge in [0.1, 0.15) is 29.7 Å². The van der Waals surface area contributed by atoms with Gasteiger partial charge in [-0.2, -0.15) is 0 Å². The predicted octanol–water partition coefficient (Wildman–Crippen LogP) is 3.06. The van der Waals surface area contributed by atoms with Gasteiger partial charge < -0.3 is 25.2 Å². The van der Waals surface area contributed by atoms with Gasteiger partial charge in [0.2, 0.25) is 0 Å². The van der Waals surface area contributed by atoms with Crippen LogP contribution in [0.1, 0.15) is 16.1 Å². The summed E-state index contributed by atoms with van der Waals surface area (Å²) in [6.07, 6.45) is 3.06. The number of phenolic OH excluding ortho intramolecular Hbond substituents is 1. The molecule has 3 aromatic rings. The maximum atomic E-state index is 12.4. The third-order valence-electron chi connectivity index (χ3n) is 3.92. The highest BCUT2D eigenvalue weighted by molar-refractivity contribution is 6.05. The number of pyridine rings is 2. The van der Waals surface area contributed by atoms with Crippen molar-refractivity contribution < 1.29 is 19.4 Å². The van der Waals surface area contributed by atoms with Crippen LogP contribution in [-0.4, -0.2) is 35.1 Å². The van der Waals surface area contributed by atoms with Gasteiger partial charge in [0.15, 0.2) is 0 Å². The van der Waals surface area contributed by atoms with E-state index in [9.17, 15) is 9.90 Å². The lowest BCUT2D eigenvalue weighted by Gasteiger charge is -2.11. The molecule has 0 aliphatic heterocycles. The van der Waals surface area contributed by atoms with Crippen LogP contribution in [0.2, 0.25) is 0 Å². The van der Waals surface area contributed by atoms with E-state index in [0.29, 0.717) is 22.9 Å². The first-order valence-electron chi connectivity index (χ1n) is 8.49. The van der Waals surface area contributed by atoms with Crippen LogP contribution in [0.3, 0.4) is 0 Å². The van der Waals surface area contributed by atoms with E-state index in [1.54, 1.807) is 56.8 Å². The molecule has 0 aliphatic rings. The molecule has 2 aromatic heterocycles. The molecule has 8 nitrogen and oxygen atoms in total. The molecule has 144 valence electrons. The Morgan fingerprint density at radius 2 is 1.89 bits per heavy atom. The minimum atomic E-state index is -0.389. The number of nitrogens with zero attached hydrogens (tertiary/aromatic N) is 2. The summed E-state index contributed by atoms with van der Waals surface area (Å²) < 4.78 is 10.8. The lowest BCUT2D eigenvalue weighted by molar-refractivity contribution is 0.102. The molecule has 0 bridgehead atoms. The number of ether oxygens (including phenoxy) is 2. The first-order chi connectivity index (χ1) is 13.6. The summed E-state index contributed by atoms with van der Waals surface area (Å²) in [6.45, 7) is 0.234. The van der Waals surface area contributed by atoms with Crippen molar-refractivity contribution in [3.63, 3.8) is 0 Å². The van der Waals surface area contributed by atoms with Gasteiger partial charge in [0.05, 0.1) is 30.3 Å². The van der Waals surface area contributed by atoms with Crippen molar-refractivity contribution >= 4 is 17.4 Å². The van der Waals surface area contributed by atoms with Gasteiger partial charge in [0.25, 0.3) is 5.91 Å². The summed E-state index contributed by atoms with van der Waals surface area (Å²) in [6, 6.07) is 11.5. The topological polar surface area (TPSA) is 106 Å². The van der Waals surface area contributed by atoms with Crippen LogP contribution < -0.4 is 20.1 Å². The molecule has 3 N–H and O–H groups in total. The Labute approximate surface area is 162 Å². The average molecular weight is 380 g/mol. The number of benzene rings is 1. The van der Waals surface area contributed by atoms with E-state index in [1.165, 1.54) is 12.3 Å². The second kappa shape index (κ2) is 8.72. The lowest BCUT2D eigenvalue weighted by Crippen LogP contribution is -2.12. The number of phenols is 1. The van der Waals surface area contributed by atoms with Crippen molar-refractivity contribution in [1.82, 2.24) is 9.97 Å². The van der Waals surface area contributed by atoms with Crippen LogP contribution >= 0.6 is 0 Å².